The molecule has 4 heterocycles. The summed E-state index contributed by atoms with van der Waals surface area (Å²) in [7, 11) is 0. The van der Waals surface area contributed by atoms with Crippen molar-refractivity contribution in [2.24, 2.45) is 0 Å². The smallest absolute Gasteiger partial charge is 0.218 e. The number of aromatic amines is 1. The van der Waals surface area contributed by atoms with Crippen LogP contribution in [0.25, 0.3) is 21.1 Å². The first-order chi connectivity index (χ1) is 14.2. The highest BCUT2D eigenvalue weighted by Gasteiger charge is 2.31. The Balaban J connectivity index is 1.47. The number of thiophene rings is 1. The van der Waals surface area contributed by atoms with Crippen LogP contribution in [-0.2, 0) is 9.53 Å². The minimum Gasteiger partial charge on any atom is -0.371 e. The van der Waals surface area contributed by atoms with Gasteiger partial charge in [0.1, 0.15) is 12.5 Å². The van der Waals surface area contributed by atoms with E-state index in [1.54, 1.807) is 24.6 Å². The first-order valence-electron chi connectivity index (χ1n) is 9.43. The van der Waals surface area contributed by atoms with E-state index in [0.717, 1.165) is 38.1 Å². The minimum absolute atomic E-state index is 0.0708. The third kappa shape index (κ3) is 3.48. The molecule has 1 aromatic carbocycles. The second-order valence-electron chi connectivity index (χ2n) is 7.06. The molecule has 8 nitrogen and oxygen atoms in total. The van der Waals surface area contributed by atoms with Gasteiger partial charge in [0.25, 0.3) is 0 Å². The Kier molecular flexibility index (Phi) is 4.70. The van der Waals surface area contributed by atoms with Crippen molar-refractivity contribution in [2.45, 2.75) is 19.2 Å². The highest BCUT2D eigenvalue weighted by atomic mass is 32.1. The third-order valence-corrected chi connectivity index (χ3v) is 6.26. The number of carbonyl (C=O) groups excluding carboxylic acids is 1. The van der Waals surface area contributed by atoms with Gasteiger partial charge in [-0.1, -0.05) is 12.1 Å². The number of nitrogens with one attached hydrogen (secondary N) is 2. The fraction of sp³-hybridized carbons (Fsp3) is 0.300. The van der Waals surface area contributed by atoms with Gasteiger partial charge in [-0.15, -0.1) is 11.3 Å². The molecular weight excluding hydrogens is 388 g/mol. The van der Waals surface area contributed by atoms with Crippen molar-refractivity contribution < 1.29 is 9.53 Å². The van der Waals surface area contributed by atoms with Crippen LogP contribution in [0.5, 0.6) is 0 Å². The number of rotatable bonds is 4. The summed E-state index contributed by atoms with van der Waals surface area (Å²) in [5, 5.41) is 11.3. The van der Waals surface area contributed by atoms with Gasteiger partial charge in [-0.25, -0.2) is 9.97 Å². The summed E-state index contributed by atoms with van der Waals surface area (Å²) >= 11 is 1.60. The summed E-state index contributed by atoms with van der Waals surface area (Å²) in [6.07, 6.45) is 4.85. The number of carbonyl (C=O) groups is 1. The number of nitrogens with zero attached hydrogens (tertiary/aromatic N) is 4. The first-order valence-corrected chi connectivity index (χ1v) is 10.2. The highest BCUT2D eigenvalue weighted by Crippen LogP contribution is 2.34. The van der Waals surface area contributed by atoms with E-state index in [0.29, 0.717) is 13.2 Å². The lowest BCUT2D eigenvalue weighted by Gasteiger charge is -2.38. The standard InChI is InChI=1S/C20H20N6O2S/c1-12(27)24-20(18-7-16-19(29-18)9-21-11-22-16)26-5-6-28-17(10-26)13-3-2-4-15-14(13)8-23-25-15/h2-4,7-9,11,17,20H,5-6,10H2,1H3,(H,23,25)(H,24,27). The topological polar surface area (TPSA) is 96.0 Å². The largest absolute Gasteiger partial charge is 0.371 e. The van der Waals surface area contributed by atoms with E-state index < -0.39 is 0 Å². The number of amides is 1. The first kappa shape index (κ1) is 18.2. The summed E-state index contributed by atoms with van der Waals surface area (Å²) < 4.78 is 7.11. The van der Waals surface area contributed by atoms with E-state index >= 15 is 0 Å². The molecule has 4 aromatic rings. The Morgan fingerprint density at radius 1 is 1.41 bits per heavy atom. The van der Waals surface area contributed by atoms with Gasteiger partial charge in [0, 0.05) is 36.5 Å². The van der Waals surface area contributed by atoms with E-state index in [9.17, 15) is 4.79 Å². The quantitative estimate of drug-likeness (QED) is 0.539. The fourth-order valence-electron chi connectivity index (χ4n) is 3.84. The van der Waals surface area contributed by atoms with Crippen molar-refractivity contribution in [1.29, 1.82) is 0 Å². The zero-order valence-electron chi connectivity index (χ0n) is 15.8. The van der Waals surface area contributed by atoms with E-state index in [2.05, 4.69) is 36.4 Å². The average Bonchev–Trinajstić information content (AvgIpc) is 3.38. The van der Waals surface area contributed by atoms with E-state index in [1.165, 1.54) is 0 Å². The molecule has 3 aromatic heterocycles. The number of morpholine rings is 1. The molecular formula is C20H20N6O2S. The lowest BCUT2D eigenvalue weighted by molar-refractivity contribution is -0.122. The zero-order chi connectivity index (χ0) is 19.8. The molecule has 2 atom stereocenters. The molecule has 1 amide bonds. The molecule has 0 bridgehead atoms. The molecule has 0 radical (unpaired) electrons. The average molecular weight is 408 g/mol. The normalized spacial score (nSPS) is 18.9. The number of fused-ring (bicyclic) bond motifs is 2. The van der Waals surface area contributed by atoms with Crippen molar-refractivity contribution in [3.8, 4) is 0 Å². The second-order valence-corrected chi connectivity index (χ2v) is 8.17. The molecule has 0 spiro atoms. The van der Waals surface area contributed by atoms with Crippen LogP contribution in [0.1, 0.15) is 29.6 Å². The lowest BCUT2D eigenvalue weighted by atomic mass is 10.0. The molecule has 0 aliphatic carbocycles. The van der Waals surface area contributed by atoms with Crippen molar-refractivity contribution in [1.82, 2.24) is 30.4 Å². The van der Waals surface area contributed by atoms with Crippen LogP contribution in [0.15, 0.2) is 43.0 Å². The molecule has 148 valence electrons. The number of ether oxygens (including phenoxy) is 1. The lowest BCUT2D eigenvalue weighted by Crippen LogP contribution is -2.46. The van der Waals surface area contributed by atoms with Crippen LogP contribution >= 0.6 is 11.3 Å². The van der Waals surface area contributed by atoms with Crippen molar-refractivity contribution in [2.75, 3.05) is 19.7 Å². The van der Waals surface area contributed by atoms with Gasteiger partial charge in [0.05, 0.1) is 34.6 Å². The number of benzene rings is 1. The molecule has 2 N–H and O–H groups in total. The van der Waals surface area contributed by atoms with Crippen LogP contribution in [-0.4, -0.2) is 50.7 Å². The molecule has 9 heteroatoms. The van der Waals surface area contributed by atoms with Crippen LogP contribution in [0.4, 0.5) is 0 Å². The highest BCUT2D eigenvalue weighted by molar-refractivity contribution is 7.19. The number of H-pyrrole nitrogens is 1. The van der Waals surface area contributed by atoms with Crippen LogP contribution in [0.2, 0.25) is 0 Å². The Labute approximate surface area is 170 Å². The molecule has 1 fully saturated rings. The Hall–Kier alpha value is -2.88. The second kappa shape index (κ2) is 7.51. The monoisotopic (exact) mass is 408 g/mol. The van der Waals surface area contributed by atoms with Crippen molar-refractivity contribution >= 4 is 38.4 Å². The third-order valence-electron chi connectivity index (χ3n) is 5.15. The summed E-state index contributed by atoms with van der Waals surface area (Å²) in [5.41, 5.74) is 2.98. The molecule has 1 aliphatic heterocycles. The molecule has 5 rings (SSSR count). The zero-order valence-corrected chi connectivity index (χ0v) is 16.6. The summed E-state index contributed by atoms with van der Waals surface area (Å²) in [6.45, 7) is 3.52. The number of aromatic nitrogens is 4. The summed E-state index contributed by atoms with van der Waals surface area (Å²) in [6, 6.07) is 8.12. The SMILES string of the molecule is CC(=O)NC(c1cc2ncncc2s1)N1CCOC(c2cccc3[nH]ncc23)C1. The minimum atomic E-state index is -0.235. The van der Waals surface area contributed by atoms with Gasteiger partial charge in [-0.3, -0.25) is 14.8 Å². The molecule has 0 saturated carbocycles. The van der Waals surface area contributed by atoms with Gasteiger partial charge < -0.3 is 10.1 Å². The van der Waals surface area contributed by atoms with Crippen molar-refractivity contribution in [3.05, 3.63) is 53.4 Å². The van der Waals surface area contributed by atoms with Gasteiger partial charge in [0.15, 0.2) is 0 Å². The molecule has 29 heavy (non-hydrogen) atoms. The summed E-state index contributed by atoms with van der Waals surface area (Å²) in [5.74, 6) is -0.0708. The predicted octanol–water partition coefficient (Wildman–Crippen LogP) is 2.78. The Morgan fingerprint density at radius 3 is 3.21 bits per heavy atom. The van der Waals surface area contributed by atoms with E-state index in [1.807, 2.05) is 30.6 Å². The van der Waals surface area contributed by atoms with Crippen LogP contribution in [0, 0.1) is 0 Å². The van der Waals surface area contributed by atoms with Crippen LogP contribution < -0.4 is 5.32 Å². The number of hydrogen-bond donors (Lipinski definition) is 2. The number of hydrogen-bond acceptors (Lipinski definition) is 7. The fourth-order valence-corrected chi connectivity index (χ4v) is 4.91. The maximum Gasteiger partial charge on any atom is 0.218 e. The van der Waals surface area contributed by atoms with E-state index in [-0.39, 0.29) is 18.2 Å². The molecule has 2 unspecified atom stereocenters. The Morgan fingerprint density at radius 2 is 2.34 bits per heavy atom. The van der Waals surface area contributed by atoms with Crippen LogP contribution in [0.3, 0.4) is 0 Å². The summed E-state index contributed by atoms with van der Waals surface area (Å²) in [4.78, 5) is 23.7. The maximum absolute atomic E-state index is 12.0. The van der Waals surface area contributed by atoms with Gasteiger partial charge in [0.2, 0.25) is 5.91 Å². The molecule has 1 aliphatic rings. The van der Waals surface area contributed by atoms with Gasteiger partial charge in [-0.05, 0) is 17.7 Å². The maximum atomic E-state index is 12.0. The Bertz CT molecular complexity index is 1140. The van der Waals surface area contributed by atoms with Gasteiger partial charge in [-0.2, -0.15) is 5.10 Å². The van der Waals surface area contributed by atoms with Crippen molar-refractivity contribution in [3.63, 3.8) is 0 Å². The predicted molar refractivity (Wildman–Crippen MR) is 110 cm³/mol. The molecule has 1 saturated heterocycles. The van der Waals surface area contributed by atoms with Gasteiger partial charge >= 0.3 is 0 Å². The van der Waals surface area contributed by atoms with E-state index in [4.69, 9.17) is 4.74 Å².